The minimum absolute atomic E-state index is 0.000234. The number of amides is 1. The van der Waals surface area contributed by atoms with E-state index in [0.717, 1.165) is 6.42 Å². The van der Waals surface area contributed by atoms with Gasteiger partial charge in [0.1, 0.15) is 0 Å². The SMILES string of the molecule is COC(=O)[C@@]12[C@H]3[C@@H]4NC(=O)[C@@H]4[C@H]3[C@]1(C(=O)OC)[C@H]1C=C[C@@H]2C1. The molecule has 5 rings (SSSR count). The van der Waals surface area contributed by atoms with Gasteiger partial charge in [-0.15, -0.1) is 0 Å². The molecule has 1 aliphatic heterocycles. The zero-order chi connectivity index (χ0) is 15.4. The summed E-state index contributed by atoms with van der Waals surface area (Å²) in [6.45, 7) is 0. The van der Waals surface area contributed by atoms with Crippen LogP contribution in [0.25, 0.3) is 0 Å². The molecule has 116 valence electrons. The zero-order valence-electron chi connectivity index (χ0n) is 12.4. The van der Waals surface area contributed by atoms with Crippen molar-refractivity contribution in [3.05, 3.63) is 12.2 Å². The maximum atomic E-state index is 12.8. The van der Waals surface area contributed by atoms with Crippen molar-refractivity contribution in [3.8, 4) is 0 Å². The van der Waals surface area contributed by atoms with E-state index in [-0.39, 0.29) is 53.5 Å². The van der Waals surface area contributed by atoms with Crippen LogP contribution in [0.15, 0.2) is 12.2 Å². The van der Waals surface area contributed by atoms with E-state index in [1.807, 2.05) is 12.2 Å². The number of rotatable bonds is 2. The highest BCUT2D eigenvalue weighted by molar-refractivity contribution is 6.00. The lowest BCUT2D eigenvalue weighted by Crippen LogP contribution is -2.92. The first-order chi connectivity index (χ1) is 10.6. The van der Waals surface area contributed by atoms with Crippen LogP contribution in [0.1, 0.15) is 6.42 Å². The van der Waals surface area contributed by atoms with E-state index in [2.05, 4.69) is 5.32 Å². The molecule has 1 saturated heterocycles. The lowest BCUT2D eigenvalue weighted by atomic mass is 9.23. The van der Waals surface area contributed by atoms with Crippen LogP contribution in [0.3, 0.4) is 0 Å². The van der Waals surface area contributed by atoms with Gasteiger partial charge in [-0.05, 0) is 24.2 Å². The second-order valence-electron chi connectivity index (χ2n) is 7.17. The summed E-state index contributed by atoms with van der Waals surface area (Å²) in [5.74, 6) is -0.929. The van der Waals surface area contributed by atoms with E-state index in [0.29, 0.717) is 0 Å². The molecule has 0 aromatic rings. The fourth-order valence-corrected chi connectivity index (χ4v) is 6.74. The molecule has 6 heteroatoms. The molecule has 5 aliphatic rings. The summed E-state index contributed by atoms with van der Waals surface area (Å²) in [5, 5.41) is 2.90. The van der Waals surface area contributed by atoms with Gasteiger partial charge in [0, 0.05) is 12.0 Å². The maximum Gasteiger partial charge on any atom is 0.313 e. The fourth-order valence-electron chi connectivity index (χ4n) is 6.74. The summed E-state index contributed by atoms with van der Waals surface area (Å²) in [4.78, 5) is 37.5. The molecule has 0 unspecified atom stereocenters. The van der Waals surface area contributed by atoms with Crippen molar-refractivity contribution in [2.75, 3.05) is 14.2 Å². The Labute approximate surface area is 127 Å². The van der Waals surface area contributed by atoms with Crippen LogP contribution in [0, 0.1) is 40.4 Å². The Hall–Kier alpha value is -1.85. The number of carbonyl (C=O) groups excluding carboxylic acids is 3. The highest BCUT2D eigenvalue weighted by Gasteiger charge is 2.95. The number of fused-ring (bicyclic) bond motifs is 11. The van der Waals surface area contributed by atoms with Crippen LogP contribution in [0.4, 0.5) is 0 Å². The van der Waals surface area contributed by atoms with Gasteiger partial charge in [0.05, 0.1) is 31.0 Å². The number of hydrogen-bond acceptors (Lipinski definition) is 5. The van der Waals surface area contributed by atoms with Crippen LogP contribution in [0.2, 0.25) is 0 Å². The van der Waals surface area contributed by atoms with Crippen LogP contribution in [-0.2, 0) is 23.9 Å². The quantitative estimate of drug-likeness (QED) is 0.437. The van der Waals surface area contributed by atoms with E-state index in [1.165, 1.54) is 14.2 Å². The van der Waals surface area contributed by atoms with Crippen LogP contribution < -0.4 is 5.32 Å². The molecular weight excluding hydrogens is 286 g/mol. The first-order valence-corrected chi connectivity index (χ1v) is 7.72. The average Bonchev–Trinajstić information content (AvgIpc) is 3.06. The normalized spacial score (nSPS) is 54.7. The van der Waals surface area contributed by atoms with E-state index in [4.69, 9.17) is 9.47 Å². The van der Waals surface area contributed by atoms with Crippen molar-refractivity contribution < 1.29 is 23.9 Å². The van der Waals surface area contributed by atoms with Crippen molar-refractivity contribution in [2.24, 2.45) is 40.4 Å². The molecule has 1 amide bonds. The predicted molar refractivity (Wildman–Crippen MR) is 72.0 cm³/mol. The van der Waals surface area contributed by atoms with Gasteiger partial charge in [-0.2, -0.15) is 0 Å². The average molecular weight is 303 g/mol. The van der Waals surface area contributed by atoms with Gasteiger partial charge < -0.3 is 14.8 Å². The molecule has 0 spiro atoms. The van der Waals surface area contributed by atoms with Crippen molar-refractivity contribution in [1.29, 1.82) is 0 Å². The highest BCUT2D eigenvalue weighted by Crippen LogP contribution is 2.86. The minimum Gasteiger partial charge on any atom is -0.469 e. The number of β-lactam (4-membered cyclic amide) rings is 1. The van der Waals surface area contributed by atoms with Gasteiger partial charge >= 0.3 is 11.9 Å². The Bertz CT molecular complexity index is 671. The van der Waals surface area contributed by atoms with Gasteiger partial charge in [-0.25, -0.2) is 0 Å². The van der Waals surface area contributed by atoms with Crippen LogP contribution in [0.5, 0.6) is 0 Å². The van der Waals surface area contributed by atoms with Crippen molar-refractivity contribution in [1.82, 2.24) is 5.32 Å². The third kappa shape index (κ3) is 0.831. The first-order valence-electron chi connectivity index (χ1n) is 7.72. The molecule has 0 aromatic carbocycles. The predicted octanol–water partition coefficient (Wildman–Crippen LogP) is -0.115. The first kappa shape index (κ1) is 12.7. The highest BCUT2D eigenvalue weighted by atomic mass is 16.5. The summed E-state index contributed by atoms with van der Waals surface area (Å²) in [5.41, 5.74) is -1.76. The number of nitrogens with one attached hydrogen (secondary N) is 1. The summed E-state index contributed by atoms with van der Waals surface area (Å²) < 4.78 is 10.2. The topological polar surface area (TPSA) is 81.7 Å². The van der Waals surface area contributed by atoms with Gasteiger partial charge in [0.25, 0.3) is 0 Å². The molecule has 1 N–H and O–H groups in total. The molecular formula is C16H17NO5. The molecule has 6 nitrogen and oxygen atoms in total. The van der Waals surface area contributed by atoms with Crippen molar-refractivity contribution in [2.45, 2.75) is 12.5 Å². The van der Waals surface area contributed by atoms with Crippen molar-refractivity contribution in [3.63, 3.8) is 0 Å². The summed E-state index contributed by atoms with van der Waals surface area (Å²) in [7, 11) is 2.73. The number of methoxy groups -OCH3 is 2. The molecule has 4 fully saturated rings. The largest absolute Gasteiger partial charge is 0.469 e. The van der Waals surface area contributed by atoms with Gasteiger partial charge in [0.2, 0.25) is 5.91 Å². The maximum absolute atomic E-state index is 12.8. The second-order valence-corrected chi connectivity index (χ2v) is 7.17. The molecule has 8 atom stereocenters. The summed E-state index contributed by atoms with van der Waals surface area (Å²) in [6.07, 6.45) is 4.85. The van der Waals surface area contributed by atoms with Gasteiger partial charge in [-0.1, -0.05) is 12.2 Å². The third-order valence-corrected chi connectivity index (χ3v) is 7.19. The van der Waals surface area contributed by atoms with Crippen LogP contribution in [-0.4, -0.2) is 38.1 Å². The Morgan fingerprint density at radius 1 is 1.09 bits per heavy atom. The molecule has 4 aliphatic carbocycles. The molecule has 2 bridgehead atoms. The molecule has 0 aromatic heterocycles. The lowest BCUT2D eigenvalue weighted by molar-refractivity contribution is -0.311. The third-order valence-electron chi connectivity index (χ3n) is 7.19. The Kier molecular flexibility index (Phi) is 1.95. The van der Waals surface area contributed by atoms with E-state index >= 15 is 0 Å². The van der Waals surface area contributed by atoms with E-state index < -0.39 is 10.8 Å². The Morgan fingerprint density at radius 2 is 1.64 bits per heavy atom. The second kappa shape index (κ2) is 3.39. The number of allylic oxidation sites excluding steroid dienone is 2. The minimum atomic E-state index is -0.905. The van der Waals surface area contributed by atoms with Gasteiger partial charge in [-0.3, -0.25) is 14.4 Å². The summed E-state index contributed by atoms with van der Waals surface area (Å²) >= 11 is 0. The zero-order valence-corrected chi connectivity index (χ0v) is 12.4. The number of carbonyl (C=O) groups is 3. The lowest BCUT2D eigenvalue weighted by Gasteiger charge is -2.79. The van der Waals surface area contributed by atoms with Gasteiger partial charge in [0.15, 0.2) is 0 Å². The fraction of sp³-hybridized carbons (Fsp3) is 0.688. The number of esters is 2. The molecule has 3 saturated carbocycles. The molecule has 1 heterocycles. The number of hydrogen-bond donors (Lipinski definition) is 1. The Morgan fingerprint density at radius 3 is 2.14 bits per heavy atom. The van der Waals surface area contributed by atoms with E-state index in [1.54, 1.807) is 0 Å². The molecule has 0 radical (unpaired) electrons. The number of ether oxygens (including phenoxy) is 2. The summed E-state index contributed by atoms with van der Waals surface area (Å²) in [6, 6.07) is 0.0159. The van der Waals surface area contributed by atoms with E-state index in [9.17, 15) is 14.4 Å². The Balaban J connectivity index is 1.73. The van der Waals surface area contributed by atoms with Crippen LogP contribution >= 0.6 is 0 Å². The number of piperidine rings is 1. The standard InChI is InChI=1S/C16H17NO5/c1-21-13(19)15-6-3-4-7(5-6)16(15,14(20)22-2)10-9(15)8-11(10)17-12(8)18/h3-4,6-11H,5H2,1-2H3,(H,17,18)/t6-,7+,8+,9+,10+,11+,15-,16+/m0/s1. The molecule has 22 heavy (non-hydrogen) atoms. The smallest absolute Gasteiger partial charge is 0.313 e. The van der Waals surface area contributed by atoms with Crippen molar-refractivity contribution >= 4 is 17.8 Å². The monoisotopic (exact) mass is 303 g/mol.